The number of carboxylic acid groups (broad SMARTS) is 1. The maximum Gasteiger partial charge on any atom is 0.336 e. The van der Waals surface area contributed by atoms with E-state index in [1.165, 1.54) is 15.8 Å². The van der Waals surface area contributed by atoms with Crippen molar-refractivity contribution in [2.45, 2.75) is 11.1 Å². The van der Waals surface area contributed by atoms with Crippen molar-refractivity contribution in [1.82, 2.24) is 0 Å². The summed E-state index contributed by atoms with van der Waals surface area (Å²) < 4.78 is 26.4. The van der Waals surface area contributed by atoms with Crippen LogP contribution in [0.1, 0.15) is 17.3 Å². The molecule has 106 valence electrons. The number of para-hydroxylation sites is 1. The van der Waals surface area contributed by atoms with E-state index in [-0.39, 0.29) is 16.3 Å². The molecule has 1 aromatic carbocycles. The highest BCUT2D eigenvalue weighted by Crippen LogP contribution is 2.27. The van der Waals surface area contributed by atoms with Crippen molar-refractivity contribution in [3.05, 3.63) is 47.3 Å². The molecule has 5 nitrogen and oxygen atoms in total. The van der Waals surface area contributed by atoms with Crippen molar-refractivity contribution in [3.63, 3.8) is 0 Å². The van der Waals surface area contributed by atoms with Crippen molar-refractivity contribution in [2.75, 3.05) is 10.8 Å². The molecule has 1 aromatic heterocycles. The van der Waals surface area contributed by atoms with Gasteiger partial charge in [-0.05, 0) is 25.1 Å². The lowest BCUT2D eigenvalue weighted by atomic mass is 10.3. The maximum absolute atomic E-state index is 12.5. The number of sulfonamides is 1. The molecule has 2 aromatic rings. The highest BCUT2D eigenvalue weighted by Gasteiger charge is 2.26. The molecule has 0 amide bonds. The van der Waals surface area contributed by atoms with Crippen molar-refractivity contribution < 1.29 is 18.3 Å². The summed E-state index contributed by atoms with van der Waals surface area (Å²) in [5.41, 5.74) is 0.540. The summed E-state index contributed by atoms with van der Waals surface area (Å²) in [7, 11) is -3.73. The molecule has 0 spiro atoms. The van der Waals surface area contributed by atoms with Crippen molar-refractivity contribution in [2.24, 2.45) is 0 Å². The first-order valence-electron chi connectivity index (χ1n) is 5.86. The van der Waals surface area contributed by atoms with Gasteiger partial charge in [0.05, 0.1) is 11.3 Å². The number of carboxylic acids is 1. The highest BCUT2D eigenvalue weighted by atomic mass is 32.2. The minimum atomic E-state index is -3.73. The molecule has 0 atom stereocenters. The van der Waals surface area contributed by atoms with Gasteiger partial charge in [-0.2, -0.15) is 0 Å². The molecule has 0 unspecified atom stereocenters. The lowest BCUT2D eigenvalue weighted by Gasteiger charge is -2.21. The molecule has 0 aliphatic carbocycles. The van der Waals surface area contributed by atoms with E-state index in [1.54, 1.807) is 37.3 Å². The summed E-state index contributed by atoms with van der Waals surface area (Å²) in [5, 5.41) is 10.2. The number of benzene rings is 1. The molecule has 1 N–H and O–H groups in total. The van der Waals surface area contributed by atoms with Gasteiger partial charge < -0.3 is 5.11 Å². The van der Waals surface area contributed by atoms with E-state index in [9.17, 15) is 13.2 Å². The van der Waals surface area contributed by atoms with Crippen LogP contribution in [0.4, 0.5) is 5.69 Å². The summed E-state index contributed by atoms with van der Waals surface area (Å²) in [5.74, 6) is -1.13. The minimum absolute atomic E-state index is 0.0160. The molecule has 0 bridgehead atoms. The van der Waals surface area contributed by atoms with Gasteiger partial charge in [-0.25, -0.2) is 13.2 Å². The number of thiophene rings is 1. The van der Waals surface area contributed by atoms with E-state index in [0.29, 0.717) is 5.69 Å². The van der Waals surface area contributed by atoms with Gasteiger partial charge in [0.25, 0.3) is 10.0 Å². The number of rotatable bonds is 5. The van der Waals surface area contributed by atoms with E-state index in [0.717, 1.165) is 11.3 Å². The summed E-state index contributed by atoms with van der Waals surface area (Å²) in [6.45, 7) is 2.00. The third-order valence-corrected chi connectivity index (χ3v) is 6.02. The smallest absolute Gasteiger partial charge is 0.336 e. The molecular formula is C13H13NO4S2. The largest absolute Gasteiger partial charge is 0.478 e. The van der Waals surface area contributed by atoms with Gasteiger partial charge in [-0.1, -0.05) is 18.2 Å². The van der Waals surface area contributed by atoms with Crippen LogP contribution in [-0.4, -0.2) is 26.0 Å². The lowest BCUT2D eigenvalue weighted by Crippen LogP contribution is -2.30. The Bertz CT molecular complexity index is 707. The van der Waals surface area contributed by atoms with Crippen LogP contribution in [0, 0.1) is 0 Å². The Morgan fingerprint density at radius 1 is 1.30 bits per heavy atom. The Hall–Kier alpha value is -1.86. The van der Waals surface area contributed by atoms with Crippen LogP contribution in [0.25, 0.3) is 0 Å². The Morgan fingerprint density at radius 3 is 2.45 bits per heavy atom. The van der Waals surface area contributed by atoms with Gasteiger partial charge >= 0.3 is 5.97 Å². The second kappa shape index (κ2) is 5.64. The molecule has 2 rings (SSSR count). The highest BCUT2D eigenvalue weighted by molar-refractivity contribution is 7.94. The molecule has 0 fully saturated rings. The third kappa shape index (κ3) is 2.68. The number of hydrogen-bond acceptors (Lipinski definition) is 4. The summed E-state index contributed by atoms with van der Waals surface area (Å²) in [4.78, 5) is 10.8. The van der Waals surface area contributed by atoms with Crippen molar-refractivity contribution in [1.29, 1.82) is 0 Å². The summed E-state index contributed by atoms with van der Waals surface area (Å²) >= 11 is 0.913. The number of nitrogens with zero attached hydrogens (tertiary/aromatic N) is 1. The normalized spacial score (nSPS) is 11.2. The molecule has 1 heterocycles. The van der Waals surface area contributed by atoms with E-state index < -0.39 is 16.0 Å². The van der Waals surface area contributed by atoms with Crippen LogP contribution in [-0.2, 0) is 10.0 Å². The predicted molar refractivity (Wildman–Crippen MR) is 77.9 cm³/mol. The fourth-order valence-electron chi connectivity index (χ4n) is 1.76. The van der Waals surface area contributed by atoms with Gasteiger partial charge in [-0.15, -0.1) is 11.3 Å². The fraction of sp³-hybridized carbons (Fsp3) is 0.154. The minimum Gasteiger partial charge on any atom is -0.478 e. The standard InChI is InChI=1S/C13H13NO4S2/c1-2-14(11-6-4-3-5-7-11)20(17,18)12-8-10(9-19-12)13(15)16/h3-9H,2H2,1H3,(H,15,16). The van der Waals surface area contributed by atoms with Crippen LogP contribution in [0.5, 0.6) is 0 Å². The van der Waals surface area contributed by atoms with Crippen LogP contribution in [0.3, 0.4) is 0 Å². The zero-order valence-electron chi connectivity index (χ0n) is 10.7. The average Bonchev–Trinajstić information content (AvgIpc) is 2.91. The molecule has 0 saturated heterocycles. The third-order valence-electron chi connectivity index (χ3n) is 2.70. The monoisotopic (exact) mass is 311 g/mol. The Kier molecular flexibility index (Phi) is 4.10. The van der Waals surface area contributed by atoms with Crippen LogP contribution < -0.4 is 4.31 Å². The van der Waals surface area contributed by atoms with Gasteiger partial charge in [-0.3, -0.25) is 4.31 Å². The average molecular weight is 311 g/mol. The van der Waals surface area contributed by atoms with Gasteiger partial charge in [0.2, 0.25) is 0 Å². The SMILES string of the molecule is CCN(c1ccccc1)S(=O)(=O)c1cc(C(=O)O)cs1. The Balaban J connectivity index is 2.44. The van der Waals surface area contributed by atoms with E-state index in [1.807, 2.05) is 0 Å². The van der Waals surface area contributed by atoms with E-state index in [2.05, 4.69) is 0 Å². The molecular weight excluding hydrogens is 298 g/mol. The first-order chi connectivity index (χ1) is 9.46. The number of carbonyl (C=O) groups is 1. The molecule has 7 heteroatoms. The fourth-order valence-corrected chi connectivity index (χ4v) is 4.50. The maximum atomic E-state index is 12.5. The van der Waals surface area contributed by atoms with Crippen LogP contribution in [0.15, 0.2) is 46.0 Å². The van der Waals surface area contributed by atoms with Crippen LogP contribution >= 0.6 is 11.3 Å². The number of hydrogen-bond donors (Lipinski definition) is 1. The van der Waals surface area contributed by atoms with Crippen molar-refractivity contribution >= 4 is 33.0 Å². The van der Waals surface area contributed by atoms with Crippen molar-refractivity contribution in [3.8, 4) is 0 Å². The first kappa shape index (κ1) is 14.5. The van der Waals surface area contributed by atoms with Gasteiger partial charge in [0.1, 0.15) is 4.21 Å². The molecule has 0 aliphatic rings. The van der Waals surface area contributed by atoms with Gasteiger partial charge in [0.15, 0.2) is 0 Å². The molecule has 0 aliphatic heterocycles. The van der Waals surface area contributed by atoms with Crippen LogP contribution in [0.2, 0.25) is 0 Å². The second-order valence-corrected chi connectivity index (χ2v) is 6.97. The van der Waals surface area contributed by atoms with Gasteiger partial charge in [0, 0.05) is 11.9 Å². The molecule has 0 saturated carbocycles. The quantitative estimate of drug-likeness (QED) is 0.921. The summed E-state index contributed by atoms with van der Waals surface area (Å²) in [6.07, 6.45) is 0. The Morgan fingerprint density at radius 2 is 1.95 bits per heavy atom. The summed E-state index contributed by atoms with van der Waals surface area (Å²) in [6, 6.07) is 9.90. The molecule has 0 radical (unpaired) electrons. The van der Waals surface area contributed by atoms with E-state index >= 15 is 0 Å². The predicted octanol–water partition coefficient (Wildman–Crippen LogP) is 2.66. The number of aromatic carboxylic acids is 1. The molecule has 20 heavy (non-hydrogen) atoms. The zero-order chi connectivity index (χ0) is 14.8. The number of anilines is 1. The topological polar surface area (TPSA) is 74.7 Å². The zero-order valence-corrected chi connectivity index (χ0v) is 12.3. The lowest BCUT2D eigenvalue weighted by molar-refractivity contribution is 0.0697. The first-order valence-corrected chi connectivity index (χ1v) is 8.18. The van der Waals surface area contributed by atoms with E-state index in [4.69, 9.17) is 5.11 Å². The second-order valence-electron chi connectivity index (χ2n) is 3.96. The Labute approximate surface area is 121 Å².